The number of carbonyl (C=O) groups excluding carboxylic acids is 4. The largest absolute Gasteiger partial charge is 0.234 e. The normalized spacial score (nSPS) is 32.5. The predicted molar refractivity (Wildman–Crippen MR) is 90.5 cm³/mol. The molecule has 0 saturated carbocycles. The average molecular weight is 386 g/mol. The number of allylic oxidation sites excluding steroid dienone is 5. The van der Waals surface area contributed by atoms with Crippen molar-refractivity contribution in [2.24, 2.45) is 5.92 Å². The second-order valence-electron chi connectivity index (χ2n) is 7.16. The van der Waals surface area contributed by atoms with Gasteiger partial charge in [0.25, 0.3) is 0 Å². The summed E-state index contributed by atoms with van der Waals surface area (Å²) in [6.07, 6.45) is 3.11. The van der Waals surface area contributed by atoms with Gasteiger partial charge in [-0.3, -0.25) is 0 Å². The molecule has 0 N–H and O–H groups in total. The van der Waals surface area contributed by atoms with E-state index in [1.807, 2.05) is 27.7 Å². The second-order valence-corrected chi connectivity index (χ2v) is 11.6. The first kappa shape index (κ1) is 20.7. The van der Waals surface area contributed by atoms with E-state index in [0.29, 0.717) is 0 Å². The molecule has 6 heteroatoms. The topological polar surface area (TPSA) is 68.3 Å². The summed E-state index contributed by atoms with van der Waals surface area (Å²) >= 11 is 0. The Morgan fingerprint density at radius 3 is 1.88 bits per heavy atom. The van der Waals surface area contributed by atoms with Gasteiger partial charge in [-0.1, -0.05) is 40.7 Å². The van der Waals surface area contributed by atoms with Gasteiger partial charge in [0.05, 0.1) is 16.7 Å². The maximum Gasteiger partial charge on any atom is 0.134 e. The SMILES string of the molecule is CC1C(C)(C)P(=C=O)(C2C=CC(=C=O)C(=C=O)C2=C=O)C1(C)C.[Fe]. The van der Waals surface area contributed by atoms with Crippen LogP contribution >= 0.6 is 6.89 Å². The van der Waals surface area contributed by atoms with E-state index >= 15 is 0 Å². The van der Waals surface area contributed by atoms with Gasteiger partial charge in [0.1, 0.15) is 23.5 Å². The van der Waals surface area contributed by atoms with Crippen LogP contribution in [0.2, 0.25) is 0 Å². The molecule has 1 aliphatic heterocycles. The molecule has 1 heterocycles. The minimum absolute atomic E-state index is 0. The van der Waals surface area contributed by atoms with Crippen LogP contribution in [-0.2, 0) is 36.2 Å². The van der Waals surface area contributed by atoms with Crippen molar-refractivity contribution in [3.05, 3.63) is 28.9 Å². The van der Waals surface area contributed by atoms with Crippen LogP contribution in [0, 0.1) is 5.92 Å². The van der Waals surface area contributed by atoms with Crippen LogP contribution < -0.4 is 0 Å². The van der Waals surface area contributed by atoms with Crippen LogP contribution in [0.15, 0.2) is 28.9 Å². The molecule has 0 aromatic rings. The van der Waals surface area contributed by atoms with Crippen molar-refractivity contribution in [3.8, 4) is 0 Å². The van der Waals surface area contributed by atoms with E-state index in [1.54, 1.807) is 23.9 Å². The molecule has 24 heavy (non-hydrogen) atoms. The van der Waals surface area contributed by atoms with Crippen LogP contribution in [0.25, 0.3) is 0 Å². The van der Waals surface area contributed by atoms with Gasteiger partial charge in [0.2, 0.25) is 0 Å². The molecule has 0 bridgehead atoms. The molecule has 0 amide bonds. The van der Waals surface area contributed by atoms with Crippen LogP contribution in [0.5, 0.6) is 0 Å². The third kappa shape index (κ3) is 2.16. The fourth-order valence-corrected chi connectivity index (χ4v) is 10.5. The minimum atomic E-state index is -2.48. The summed E-state index contributed by atoms with van der Waals surface area (Å²) in [5, 5.41) is -0.655. The van der Waals surface area contributed by atoms with Gasteiger partial charge in [0.15, 0.2) is 0 Å². The predicted octanol–water partition coefficient (Wildman–Crippen LogP) is 2.49. The van der Waals surface area contributed by atoms with E-state index in [9.17, 15) is 19.2 Å². The Morgan fingerprint density at radius 1 is 0.958 bits per heavy atom. The zero-order chi connectivity index (χ0) is 17.6. The monoisotopic (exact) mass is 386 g/mol. The summed E-state index contributed by atoms with van der Waals surface area (Å²) in [5.74, 6) is 5.32. The Balaban J connectivity index is 0.00000288. The molecule has 1 saturated heterocycles. The molecule has 0 spiro atoms. The molecule has 2 rings (SSSR count). The molecule has 2 aliphatic rings. The van der Waals surface area contributed by atoms with E-state index in [1.165, 1.54) is 6.08 Å². The Kier molecular flexibility index (Phi) is 5.59. The molecule has 4 nitrogen and oxygen atoms in total. The zero-order valence-electron chi connectivity index (χ0n) is 14.2. The maximum atomic E-state index is 12.1. The average Bonchev–Trinajstić information content (AvgIpc) is 2.53. The van der Waals surface area contributed by atoms with E-state index in [-0.39, 0.29) is 50.0 Å². The third-order valence-corrected chi connectivity index (χ3v) is 12.1. The van der Waals surface area contributed by atoms with Gasteiger partial charge in [0, 0.05) is 29.6 Å². The number of hydrogen-bond donors (Lipinski definition) is 0. The number of rotatable bonds is 1. The van der Waals surface area contributed by atoms with Crippen molar-refractivity contribution in [1.82, 2.24) is 0 Å². The molecule has 128 valence electrons. The third-order valence-electron chi connectivity index (χ3n) is 6.10. The van der Waals surface area contributed by atoms with Gasteiger partial charge in [-0.2, -0.15) is 0 Å². The minimum Gasteiger partial charge on any atom is -0.234 e. The zero-order valence-corrected chi connectivity index (χ0v) is 16.2. The van der Waals surface area contributed by atoms with Gasteiger partial charge < -0.3 is 0 Å². The summed E-state index contributed by atoms with van der Waals surface area (Å²) < 4.78 is 0. The Hall–Kier alpha value is -1.38. The molecule has 1 atom stereocenters. The summed E-state index contributed by atoms with van der Waals surface area (Å²) in [6.45, 7) is 7.63. The van der Waals surface area contributed by atoms with Crippen LogP contribution in [0.1, 0.15) is 34.6 Å². The maximum absolute atomic E-state index is 12.1. The molecule has 0 aromatic heterocycles. The van der Waals surface area contributed by atoms with Gasteiger partial charge in [-0.15, -0.1) is 0 Å². The van der Waals surface area contributed by atoms with E-state index < -0.39 is 12.5 Å². The van der Waals surface area contributed by atoms with Crippen molar-refractivity contribution in [3.63, 3.8) is 0 Å². The standard InChI is InChI=1S/C18H19O4P.Fe/c1-12-17(2,3)23(11-22,18(12,4)5)16-7-6-13(8-19)14(9-20)15(16)10-21;/h6-7,12,16H,1-5H3;. The first-order chi connectivity index (χ1) is 10.7. The smallest absolute Gasteiger partial charge is 0.134 e. The van der Waals surface area contributed by atoms with Crippen LogP contribution in [0.4, 0.5) is 0 Å². The Bertz CT molecular complexity index is 818. The quantitative estimate of drug-likeness (QED) is 0.395. The summed E-state index contributed by atoms with van der Waals surface area (Å²) in [7, 11) is 0. The molecular weight excluding hydrogens is 367 g/mol. The van der Waals surface area contributed by atoms with Crippen LogP contribution in [0.3, 0.4) is 0 Å². The fourth-order valence-electron chi connectivity index (χ4n) is 4.45. The number of hydrogen-bond acceptors (Lipinski definition) is 4. The van der Waals surface area contributed by atoms with Gasteiger partial charge in [-0.25, -0.2) is 19.2 Å². The Labute approximate surface area is 152 Å². The molecular formula is C18H19FeO4P. The first-order valence-corrected chi connectivity index (χ1v) is 9.25. The van der Waals surface area contributed by atoms with E-state index in [0.717, 1.165) is 0 Å². The molecule has 1 aliphatic carbocycles. The van der Waals surface area contributed by atoms with Crippen molar-refractivity contribution < 1.29 is 36.2 Å². The molecule has 1 fully saturated rings. The summed E-state index contributed by atoms with van der Waals surface area (Å²) in [5.41, 5.74) is 1.61. The van der Waals surface area contributed by atoms with Crippen LogP contribution in [-0.4, -0.2) is 39.5 Å². The molecule has 0 aromatic carbocycles. The Morgan fingerprint density at radius 2 is 1.50 bits per heavy atom. The summed E-state index contributed by atoms with van der Waals surface area (Å²) in [4.78, 5) is 46.0. The first-order valence-electron chi connectivity index (χ1n) is 7.39. The van der Waals surface area contributed by atoms with E-state index in [2.05, 4.69) is 12.6 Å². The molecule has 0 radical (unpaired) electrons. The summed E-state index contributed by atoms with van der Waals surface area (Å²) in [6, 6.07) is 0. The van der Waals surface area contributed by atoms with Crippen molar-refractivity contribution in [2.75, 3.05) is 0 Å². The van der Waals surface area contributed by atoms with Crippen molar-refractivity contribution in [1.29, 1.82) is 0 Å². The van der Waals surface area contributed by atoms with Gasteiger partial charge >= 0.3 is 0 Å². The van der Waals surface area contributed by atoms with Crippen molar-refractivity contribution >= 4 is 30.4 Å². The van der Waals surface area contributed by atoms with Gasteiger partial charge in [-0.05, 0) is 22.3 Å². The van der Waals surface area contributed by atoms with Crippen molar-refractivity contribution in [2.45, 2.75) is 50.6 Å². The second kappa shape index (κ2) is 6.49. The van der Waals surface area contributed by atoms with E-state index in [4.69, 9.17) is 0 Å². The fraction of sp³-hybridized carbons (Fsp3) is 0.500. The molecule has 1 unspecified atom stereocenters.